The van der Waals surface area contributed by atoms with Crippen LogP contribution in [0.25, 0.3) is 0 Å². The molecule has 1 N–H and O–H groups in total. The minimum Gasteiger partial charge on any atom is -0.271 e. The van der Waals surface area contributed by atoms with Gasteiger partial charge < -0.3 is 0 Å². The number of anilines is 1. The maximum atomic E-state index is 11.0. The molecular weight excluding hydrogens is 308 g/mol. The van der Waals surface area contributed by atoms with E-state index in [-0.39, 0.29) is 17.1 Å². The zero-order valence-electron chi connectivity index (χ0n) is 11.6. The molecule has 0 aliphatic rings. The molecule has 1 aromatic carbocycles. The molecule has 114 valence electrons. The molecule has 2 rings (SSSR count). The first-order valence-corrected chi connectivity index (χ1v) is 7.20. The largest absolute Gasteiger partial charge is 0.301 e. The Balaban J connectivity index is 2.32. The van der Waals surface area contributed by atoms with Gasteiger partial charge in [-0.2, -0.15) is 5.10 Å². The van der Waals surface area contributed by atoms with Gasteiger partial charge in [0, 0.05) is 6.07 Å². The summed E-state index contributed by atoms with van der Waals surface area (Å²) in [6, 6.07) is 7.18. The van der Waals surface area contributed by atoms with Gasteiger partial charge in [0.2, 0.25) is 0 Å². The summed E-state index contributed by atoms with van der Waals surface area (Å²) in [4.78, 5) is 21.3. The van der Waals surface area contributed by atoms with Crippen LogP contribution in [0.4, 0.5) is 17.1 Å². The number of benzene rings is 1. The van der Waals surface area contributed by atoms with Crippen LogP contribution in [-0.2, 0) is 0 Å². The van der Waals surface area contributed by atoms with Crippen LogP contribution in [0.15, 0.2) is 40.8 Å². The smallest absolute Gasteiger partial charge is 0.271 e. The average molecular weight is 320 g/mol. The van der Waals surface area contributed by atoms with Crippen LogP contribution >= 0.6 is 11.3 Å². The summed E-state index contributed by atoms with van der Waals surface area (Å²) in [5.74, 6) is 0. The highest BCUT2D eigenvalue weighted by molar-refractivity contribution is 7.12. The van der Waals surface area contributed by atoms with Crippen LogP contribution in [0.5, 0.6) is 0 Å². The van der Waals surface area contributed by atoms with Gasteiger partial charge in [0.1, 0.15) is 5.69 Å². The Morgan fingerprint density at radius 2 is 2.05 bits per heavy atom. The molecule has 1 aromatic heterocycles. The lowest BCUT2D eigenvalue weighted by Crippen LogP contribution is -2.03. The Kier molecular flexibility index (Phi) is 4.79. The molecule has 1 heterocycles. The maximum absolute atomic E-state index is 11.0. The van der Waals surface area contributed by atoms with E-state index >= 15 is 0 Å². The molecule has 0 aliphatic heterocycles. The van der Waals surface area contributed by atoms with Crippen molar-refractivity contribution in [2.45, 2.75) is 13.3 Å². The van der Waals surface area contributed by atoms with Crippen molar-refractivity contribution in [3.63, 3.8) is 0 Å². The minimum atomic E-state index is -0.679. The van der Waals surface area contributed by atoms with E-state index in [1.54, 1.807) is 0 Å². The number of nitrogens with zero attached hydrogens (tertiary/aromatic N) is 3. The molecule has 8 nitrogen and oxygen atoms in total. The number of nitro benzene ring substituents is 2. The van der Waals surface area contributed by atoms with Gasteiger partial charge in [-0.15, -0.1) is 11.3 Å². The van der Waals surface area contributed by atoms with E-state index in [1.807, 2.05) is 24.4 Å². The van der Waals surface area contributed by atoms with E-state index in [0.717, 1.165) is 16.7 Å². The second kappa shape index (κ2) is 6.76. The molecule has 0 amide bonds. The summed E-state index contributed by atoms with van der Waals surface area (Å²) in [5.41, 5.74) is 2.77. The molecule has 0 saturated heterocycles. The Morgan fingerprint density at radius 3 is 2.59 bits per heavy atom. The highest BCUT2D eigenvalue weighted by atomic mass is 32.1. The zero-order chi connectivity index (χ0) is 16.1. The van der Waals surface area contributed by atoms with Gasteiger partial charge in [-0.05, 0) is 23.9 Å². The molecule has 0 saturated carbocycles. The molecular formula is C13H12N4O4S. The van der Waals surface area contributed by atoms with Crippen molar-refractivity contribution < 1.29 is 9.85 Å². The fourth-order valence-electron chi connectivity index (χ4n) is 1.76. The van der Waals surface area contributed by atoms with Crippen LogP contribution in [-0.4, -0.2) is 15.6 Å². The van der Waals surface area contributed by atoms with Crippen LogP contribution in [0.3, 0.4) is 0 Å². The second-order valence-electron chi connectivity index (χ2n) is 4.22. The van der Waals surface area contributed by atoms with Crippen molar-refractivity contribution in [3.05, 3.63) is 60.8 Å². The third-order valence-corrected chi connectivity index (χ3v) is 3.76. The molecule has 0 atom stereocenters. The first kappa shape index (κ1) is 15.6. The fourth-order valence-corrected chi connectivity index (χ4v) is 2.54. The Labute approximate surface area is 129 Å². The number of nitro groups is 2. The highest BCUT2D eigenvalue weighted by Crippen LogP contribution is 2.29. The molecule has 0 unspecified atom stereocenters. The van der Waals surface area contributed by atoms with Crippen molar-refractivity contribution in [1.82, 2.24) is 0 Å². The Bertz CT molecular complexity index is 728. The topological polar surface area (TPSA) is 111 Å². The van der Waals surface area contributed by atoms with E-state index in [4.69, 9.17) is 0 Å². The molecule has 0 bridgehead atoms. The summed E-state index contributed by atoms with van der Waals surface area (Å²) < 4.78 is 0. The van der Waals surface area contributed by atoms with Crippen LogP contribution in [0.2, 0.25) is 0 Å². The predicted octanol–water partition coefficient (Wildman–Crippen LogP) is 3.79. The van der Waals surface area contributed by atoms with Gasteiger partial charge in [0.15, 0.2) is 0 Å². The molecule has 9 heteroatoms. The third-order valence-electron chi connectivity index (χ3n) is 2.84. The van der Waals surface area contributed by atoms with Gasteiger partial charge in [-0.3, -0.25) is 25.7 Å². The molecule has 0 fully saturated rings. The van der Waals surface area contributed by atoms with Crippen LogP contribution < -0.4 is 5.43 Å². The molecule has 2 aromatic rings. The lowest BCUT2D eigenvalue weighted by molar-refractivity contribution is -0.393. The average Bonchev–Trinajstić information content (AvgIpc) is 3.02. The van der Waals surface area contributed by atoms with E-state index in [1.165, 1.54) is 23.5 Å². The van der Waals surface area contributed by atoms with Crippen molar-refractivity contribution in [2.75, 3.05) is 5.43 Å². The summed E-state index contributed by atoms with van der Waals surface area (Å²) in [6.45, 7) is 1.92. The summed E-state index contributed by atoms with van der Waals surface area (Å²) >= 11 is 1.51. The number of nitrogens with one attached hydrogen (secondary N) is 1. The first-order chi connectivity index (χ1) is 10.5. The van der Waals surface area contributed by atoms with Crippen molar-refractivity contribution in [1.29, 1.82) is 0 Å². The van der Waals surface area contributed by atoms with E-state index < -0.39 is 9.85 Å². The van der Waals surface area contributed by atoms with Gasteiger partial charge >= 0.3 is 5.69 Å². The molecule has 22 heavy (non-hydrogen) atoms. The molecule has 0 spiro atoms. The minimum absolute atomic E-state index is 0.109. The number of hydrazone groups is 1. The number of non-ortho nitro benzene ring substituents is 1. The summed E-state index contributed by atoms with van der Waals surface area (Å²) in [6.07, 6.45) is 0.647. The summed E-state index contributed by atoms with van der Waals surface area (Å²) in [5, 5.41) is 27.8. The third kappa shape index (κ3) is 3.44. The number of thiophene rings is 1. The molecule has 0 aliphatic carbocycles. The lowest BCUT2D eigenvalue weighted by atomic mass is 10.2. The summed E-state index contributed by atoms with van der Waals surface area (Å²) in [7, 11) is 0. The Morgan fingerprint density at radius 1 is 1.27 bits per heavy atom. The number of rotatable bonds is 6. The second-order valence-corrected chi connectivity index (χ2v) is 5.16. The first-order valence-electron chi connectivity index (χ1n) is 6.32. The SMILES string of the molecule is CC/C(=N\Nc1ccc([N+](=O)[O-])cc1[N+](=O)[O-])c1cccs1. The van der Waals surface area contributed by atoms with Gasteiger partial charge in [-0.1, -0.05) is 13.0 Å². The fraction of sp³-hybridized carbons (Fsp3) is 0.154. The van der Waals surface area contributed by atoms with Crippen molar-refractivity contribution in [3.8, 4) is 0 Å². The van der Waals surface area contributed by atoms with E-state index in [2.05, 4.69) is 10.5 Å². The zero-order valence-corrected chi connectivity index (χ0v) is 12.4. The predicted molar refractivity (Wildman–Crippen MR) is 84.5 cm³/mol. The van der Waals surface area contributed by atoms with Gasteiger partial charge in [-0.25, -0.2) is 0 Å². The monoisotopic (exact) mass is 320 g/mol. The van der Waals surface area contributed by atoms with Gasteiger partial charge in [0.25, 0.3) is 5.69 Å². The van der Waals surface area contributed by atoms with Crippen molar-refractivity contribution >= 4 is 34.1 Å². The molecule has 0 radical (unpaired) electrons. The lowest BCUT2D eigenvalue weighted by Gasteiger charge is -2.05. The number of hydrogen-bond donors (Lipinski definition) is 1. The van der Waals surface area contributed by atoms with Crippen LogP contribution in [0, 0.1) is 20.2 Å². The Hall–Kier alpha value is -2.81. The number of hydrogen-bond acceptors (Lipinski definition) is 7. The highest BCUT2D eigenvalue weighted by Gasteiger charge is 2.19. The van der Waals surface area contributed by atoms with Gasteiger partial charge in [0.05, 0.1) is 26.5 Å². The van der Waals surface area contributed by atoms with E-state index in [0.29, 0.717) is 6.42 Å². The normalized spacial score (nSPS) is 11.2. The van der Waals surface area contributed by atoms with Crippen molar-refractivity contribution in [2.24, 2.45) is 5.10 Å². The quantitative estimate of drug-likeness (QED) is 0.494. The van der Waals surface area contributed by atoms with E-state index in [9.17, 15) is 20.2 Å². The van der Waals surface area contributed by atoms with Crippen LogP contribution in [0.1, 0.15) is 18.2 Å². The standard InChI is InChI=1S/C13H12N4O4S/c1-2-10(13-4-3-7-22-13)14-15-11-6-5-9(16(18)19)8-12(11)17(20)21/h3-8,15H,2H2,1H3/b14-10+. The maximum Gasteiger partial charge on any atom is 0.301 e.